The van der Waals surface area contributed by atoms with Crippen molar-refractivity contribution in [2.45, 2.75) is 116 Å². The van der Waals surface area contributed by atoms with Crippen molar-refractivity contribution < 1.29 is 14.4 Å². The zero-order valence-electron chi connectivity index (χ0n) is 23.6. The number of benzene rings is 1. The standard InChI is InChI=1S/C30H51N5O3/c1-22(2)27(31)29(37)35-26(15-12-20-33-30(32)38)28(36)34-25-18-16-24(17-19-25)21-23-13-10-8-6-4-3-5-7-9-11-14-23/h16-19,22-23,26-27H,3-15,20-21,31H2,1-2H3,(H,34,36)(H,35,37)(H3,32,33,38)/t26-,27-/m0/s1. The number of amides is 4. The molecule has 8 heteroatoms. The third-order valence-electron chi connectivity index (χ3n) is 7.59. The van der Waals surface area contributed by atoms with Crippen molar-refractivity contribution in [2.24, 2.45) is 23.3 Å². The fourth-order valence-corrected chi connectivity index (χ4v) is 5.10. The molecule has 0 radical (unpaired) electrons. The summed E-state index contributed by atoms with van der Waals surface area (Å²) in [4.78, 5) is 36.6. The van der Waals surface area contributed by atoms with E-state index in [0.29, 0.717) is 31.0 Å². The summed E-state index contributed by atoms with van der Waals surface area (Å²) in [6.45, 7) is 4.04. The second-order valence-electron chi connectivity index (χ2n) is 11.3. The fraction of sp³-hybridized carbons (Fsp3) is 0.700. The molecule has 2 atom stereocenters. The molecule has 214 valence electrons. The van der Waals surface area contributed by atoms with Crippen molar-refractivity contribution in [2.75, 3.05) is 11.9 Å². The van der Waals surface area contributed by atoms with Crippen LogP contribution in [0.4, 0.5) is 10.5 Å². The minimum atomic E-state index is -0.766. The Balaban J connectivity index is 1.95. The first kappa shape index (κ1) is 31.6. The van der Waals surface area contributed by atoms with Gasteiger partial charge in [0, 0.05) is 12.2 Å². The summed E-state index contributed by atoms with van der Waals surface area (Å²) >= 11 is 0. The molecule has 1 aromatic rings. The molecule has 0 aliphatic heterocycles. The summed E-state index contributed by atoms with van der Waals surface area (Å²) in [5.74, 6) is -0.00661. The highest BCUT2D eigenvalue weighted by Gasteiger charge is 2.25. The number of primary amides is 1. The van der Waals surface area contributed by atoms with E-state index in [1.54, 1.807) is 0 Å². The number of hydrogen-bond donors (Lipinski definition) is 5. The van der Waals surface area contributed by atoms with Crippen molar-refractivity contribution in [3.63, 3.8) is 0 Å². The average molecular weight is 530 g/mol. The van der Waals surface area contributed by atoms with Crippen molar-refractivity contribution >= 4 is 23.5 Å². The zero-order chi connectivity index (χ0) is 27.8. The van der Waals surface area contributed by atoms with E-state index in [4.69, 9.17) is 11.5 Å². The number of carbonyl (C=O) groups excluding carboxylic acids is 3. The highest BCUT2D eigenvalue weighted by Crippen LogP contribution is 2.25. The monoisotopic (exact) mass is 529 g/mol. The second kappa shape index (κ2) is 17.8. The summed E-state index contributed by atoms with van der Waals surface area (Å²) in [7, 11) is 0. The molecule has 1 aromatic carbocycles. The number of anilines is 1. The average Bonchev–Trinajstić information content (AvgIpc) is 2.87. The first-order valence-electron chi connectivity index (χ1n) is 14.7. The van der Waals surface area contributed by atoms with Gasteiger partial charge in [0.1, 0.15) is 6.04 Å². The maximum absolute atomic E-state index is 13.1. The lowest BCUT2D eigenvalue weighted by Gasteiger charge is -2.22. The first-order chi connectivity index (χ1) is 18.3. The lowest BCUT2D eigenvalue weighted by Crippen LogP contribution is -2.51. The predicted octanol–water partition coefficient (Wildman–Crippen LogP) is 5.01. The molecule has 4 amide bonds. The molecule has 38 heavy (non-hydrogen) atoms. The van der Waals surface area contributed by atoms with Gasteiger partial charge in [-0.1, -0.05) is 96.6 Å². The van der Waals surface area contributed by atoms with Gasteiger partial charge in [-0.05, 0) is 48.8 Å². The maximum atomic E-state index is 13.1. The van der Waals surface area contributed by atoms with Gasteiger partial charge in [0.25, 0.3) is 0 Å². The number of nitrogens with one attached hydrogen (secondary N) is 3. The summed E-state index contributed by atoms with van der Waals surface area (Å²) in [6, 6.07) is 6.00. The lowest BCUT2D eigenvalue weighted by atomic mass is 9.88. The molecule has 1 aliphatic carbocycles. The highest BCUT2D eigenvalue weighted by molar-refractivity contribution is 5.97. The summed E-state index contributed by atoms with van der Waals surface area (Å²) in [5.41, 5.74) is 13.1. The minimum absolute atomic E-state index is 0.0524. The van der Waals surface area contributed by atoms with Crippen molar-refractivity contribution in [1.82, 2.24) is 10.6 Å². The van der Waals surface area contributed by atoms with Crippen molar-refractivity contribution in [3.05, 3.63) is 29.8 Å². The molecular weight excluding hydrogens is 478 g/mol. The van der Waals surface area contributed by atoms with E-state index in [1.165, 1.54) is 76.2 Å². The zero-order valence-corrected chi connectivity index (χ0v) is 23.6. The third kappa shape index (κ3) is 12.8. The number of rotatable bonds is 11. The van der Waals surface area contributed by atoms with Gasteiger partial charge in [-0.3, -0.25) is 9.59 Å². The molecule has 0 spiro atoms. The van der Waals surface area contributed by atoms with Gasteiger partial charge in [-0.25, -0.2) is 4.79 Å². The summed E-state index contributed by atoms with van der Waals surface area (Å²) < 4.78 is 0. The van der Waals surface area contributed by atoms with Gasteiger partial charge in [-0.2, -0.15) is 0 Å². The fourth-order valence-electron chi connectivity index (χ4n) is 5.10. The van der Waals surface area contributed by atoms with E-state index >= 15 is 0 Å². The Kier molecular flexibility index (Phi) is 14.8. The van der Waals surface area contributed by atoms with Crippen LogP contribution in [-0.2, 0) is 16.0 Å². The molecule has 0 bridgehead atoms. The van der Waals surface area contributed by atoms with E-state index in [-0.39, 0.29) is 17.7 Å². The van der Waals surface area contributed by atoms with Gasteiger partial charge in [-0.15, -0.1) is 0 Å². The number of urea groups is 1. The van der Waals surface area contributed by atoms with Crippen LogP contribution in [0.1, 0.15) is 103 Å². The van der Waals surface area contributed by atoms with Crippen LogP contribution in [0.5, 0.6) is 0 Å². The molecule has 1 aliphatic rings. The second-order valence-corrected chi connectivity index (χ2v) is 11.3. The molecule has 0 aromatic heterocycles. The summed E-state index contributed by atoms with van der Waals surface area (Å²) in [5, 5.41) is 8.23. The van der Waals surface area contributed by atoms with Gasteiger partial charge in [0.05, 0.1) is 6.04 Å². The minimum Gasteiger partial charge on any atom is -0.352 e. The Morgan fingerprint density at radius 1 is 0.868 bits per heavy atom. The molecule has 0 saturated heterocycles. The van der Waals surface area contributed by atoms with Gasteiger partial charge in [0.2, 0.25) is 11.8 Å². The molecule has 1 saturated carbocycles. The van der Waals surface area contributed by atoms with E-state index in [2.05, 4.69) is 28.1 Å². The predicted molar refractivity (Wildman–Crippen MR) is 155 cm³/mol. The molecule has 0 heterocycles. The SMILES string of the molecule is CC(C)[C@H](N)C(=O)N[C@@H](CCCNC(N)=O)C(=O)Nc1ccc(CC2CCCCCCCCCCC2)cc1. The largest absolute Gasteiger partial charge is 0.352 e. The van der Waals surface area contributed by atoms with Crippen LogP contribution in [0.2, 0.25) is 0 Å². The smallest absolute Gasteiger partial charge is 0.312 e. The lowest BCUT2D eigenvalue weighted by molar-refractivity contribution is -0.128. The van der Waals surface area contributed by atoms with Crippen molar-refractivity contribution in [1.29, 1.82) is 0 Å². The molecule has 1 fully saturated rings. The Bertz CT molecular complexity index is 831. The van der Waals surface area contributed by atoms with Crippen LogP contribution in [0.3, 0.4) is 0 Å². The van der Waals surface area contributed by atoms with E-state index in [0.717, 1.165) is 6.42 Å². The first-order valence-corrected chi connectivity index (χ1v) is 14.7. The van der Waals surface area contributed by atoms with E-state index in [9.17, 15) is 14.4 Å². The summed E-state index contributed by atoms with van der Waals surface area (Å²) in [6.07, 6.45) is 16.7. The molecule has 7 N–H and O–H groups in total. The van der Waals surface area contributed by atoms with Gasteiger partial charge >= 0.3 is 6.03 Å². The Hall–Kier alpha value is -2.61. The van der Waals surface area contributed by atoms with Crippen LogP contribution >= 0.6 is 0 Å². The highest BCUT2D eigenvalue weighted by atomic mass is 16.2. The quantitative estimate of drug-likeness (QED) is 0.257. The number of carbonyl (C=O) groups is 3. The van der Waals surface area contributed by atoms with Crippen LogP contribution in [0.25, 0.3) is 0 Å². The van der Waals surface area contributed by atoms with Gasteiger partial charge in [0.15, 0.2) is 0 Å². The van der Waals surface area contributed by atoms with Crippen LogP contribution in [-0.4, -0.2) is 36.5 Å². The molecule has 2 rings (SSSR count). The topological polar surface area (TPSA) is 139 Å². The molecule has 0 unspecified atom stereocenters. The number of nitrogens with two attached hydrogens (primary N) is 2. The molecule has 8 nitrogen and oxygen atoms in total. The Labute approximate surface area is 229 Å². The third-order valence-corrected chi connectivity index (χ3v) is 7.59. The normalized spacial score (nSPS) is 17.5. The van der Waals surface area contributed by atoms with Crippen LogP contribution in [0, 0.1) is 11.8 Å². The Morgan fingerprint density at radius 2 is 1.42 bits per heavy atom. The number of hydrogen-bond acceptors (Lipinski definition) is 4. The van der Waals surface area contributed by atoms with E-state index in [1.807, 2.05) is 26.0 Å². The maximum Gasteiger partial charge on any atom is 0.312 e. The van der Waals surface area contributed by atoms with Gasteiger partial charge < -0.3 is 27.4 Å². The Morgan fingerprint density at radius 3 is 1.95 bits per heavy atom. The van der Waals surface area contributed by atoms with Crippen LogP contribution < -0.4 is 27.4 Å². The van der Waals surface area contributed by atoms with E-state index < -0.39 is 18.1 Å². The van der Waals surface area contributed by atoms with Crippen molar-refractivity contribution in [3.8, 4) is 0 Å². The molecular formula is C30H51N5O3. The van der Waals surface area contributed by atoms with Crippen LogP contribution in [0.15, 0.2) is 24.3 Å².